The second-order valence-corrected chi connectivity index (χ2v) is 5.66. The molecule has 1 N–H and O–H groups in total. The minimum Gasteiger partial charge on any atom is -0.496 e. The van der Waals surface area contributed by atoms with Gasteiger partial charge in [-0.2, -0.15) is 0 Å². The van der Waals surface area contributed by atoms with Gasteiger partial charge in [0.25, 0.3) is 0 Å². The van der Waals surface area contributed by atoms with Crippen LogP contribution in [-0.4, -0.2) is 13.7 Å². The average molecular weight is 377 g/mol. The first-order chi connectivity index (χ1) is 8.60. The molecule has 3 nitrogen and oxygen atoms in total. The maximum atomic E-state index is 5.92. The number of methoxy groups -OCH3 is 1. The molecule has 1 aromatic heterocycles. The smallest absolute Gasteiger partial charge is 0.150 e. The highest BCUT2D eigenvalue weighted by Crippen LogP contribution is 2.41. The summed E-state index contributed by atoms with van der Waals surface area (Å²) in [6.45, 7) is 5.79. The highest BCUT2D eigenvalue weighted by atomic mass is 79.9. The van der Waals surface area contributed by atoms with Gasteiger partial charge in [-0.25, -0.2) is 0 Å². The number of rotatable bonds is 4. The summed E-state index contributed by atoms with van der Waals surface area (Å²) in [6, 6.07) is 1.91. The fourth-order valence-corrected chi connectivity index (χ4v) is 3.16. The first kappa shape index (κ1) is 13.9. The van der Waals surface area contributed by atoms with Crippen molar-refractivity contribution in [3.63, 3.8) is 0 Å². The van der Waals surface area contributed by atoms with Crippen molar-refractivity contribution in [2.45, 2.75) is 20.4 Å². The molecule has 1 heterocycles. The molecule has 18 heavy (non-hydrogen) atoms. The van der Waals surface area contributed by atoms with Crippen molar-refractivity contribution in [1.29, 1.82) is 0 Å². The van der Waals surface area contributed by atoms with Crippen LogP contribution >= 0.6 is 31.9 Å². The van der Waals surface area contributed by atoms with Crippen molar-refractivity contribution in [2.75, 3.05) is 13.7 Å². The second-order valence-electron chi connectivity index (χ2n) is 4.01. The van der Waals surface area contributed by atoms with E-state index in [0.717, 1.165) is 50.1 Å². The van der Waals surface area contributed by atoms with E-state index in [9.17, 15) is 0 Å². The van der Waals surface area contributed by atoms with E-state index >= 15 is 0 Å². The van der Waals surface area contributed by atoms with Gasteiger partial charge >= 0.3 is 0 Å². The quantitative estimate of drug-likeness (QED) is 0.859. The Hall–Kier alpha value is -0.520. The van der Waals surface area contributed by atoms with Crippen LogP contribution in [0.4, 0.5) is 0 Å². The second kappa shape index (κ2) is 5.63. The summed E-state index contributed by atoms with van der Waals surface area (Å²) >= 11 is 7.11. The molecule has 0 unspecified atom stereocenters. The average Bonchev–Trinajstić information content (AvgIpc) is 2.69. The first-order valence-electron chi connectivity index (χ1n) is 5.74. The predicted octanol–water partition coefficient (Wildman–Crippen LogP) is 4.38. The Balaban J connectivity index is 2.64. The molecule has 2 rings (SSSR count). The number of aryl methyl sites for hydroxylation is 1. The number of nitrogens with one attached hydrogen (secondary N) is 1. The lowest BCUT2D eigenvalue weighted by atomic mass is 10.1. The molecule has 0 spiro atoms. The van der Waals surface area contributed by atoms with Crippen molar-refractivity contribution in [2.24, 2.45) is 0 Å². The molecule has 0 aliphatic rings. The fourth-order valence-electron chi connectivity index (χ4n) is 1.92. The van der Waals surface area contributed by atoms with Crippen LogP contribution in [0.15, 0.2) is 19.4 Å². The summed E-state index contributed by atoms with van der Waals surface area (Å²) in [4.78, 5) is 0. The minimum atomic E-state index is 0.734. The number of fused-ring (bicyclic) bond motifs is 1. The van der Waals surface area contributed by atoms with Crippen molar-refractivity contribution in [1.82, 2.24) is 5.32 Å². The Morgan fingerprint density at radius 3 is 2.72 bits per heavy atom. The Morgan fingerprint density at radius 1 is 1.39 bits per heavy atom. The lowest BCUT2D eigenvalue weighted by Gasteiger charge is -2.05. The molecule has 0 radical (unpaired) electrons. The van der Waals surface area contributed by atoms with Gasteiger partial charge in [-0.1, -0.05) is 6.92 Å². The lowest BCUT2D eigenvalue weighted by Crippen LogP contribution is -2.11. The van der Waals surface area contributed by atoms with Crippen LogP contribution in [0.2, 0.25) is 0 Å². The SMILES string of the molecule is CCNCc1oc2c(Br)cc(OC)c(Br)c2c1C. The predicted molar refractivity (Wildman–Crippen MR) is 80.3 cm³/mol. The van der Waals surface area contributed by atoms with Gasteiger partial charge in [-0.15, -0.1) is 0 Å². The van der Waals surface area contributed by atoms with Gasteiger partial charge in [0.2, 0.25) is 0 Å². The maximum Gasteiger partial charge on any atom is 0.150 e. The molecular weight excluding hydrogens is 362 g/mol. The van der Waals surface area contributed by atoms with Crippen LogP contribution in [0.5, 0.6) is 5.75 Å². The van der Waals surface area contributed by atoms with E-state index in [2.05, 4.69) is 51.0 Å². The highest BCUT2D eigenvalue weighted by Gasteiger charge is 2.18. The van der Waals surface area contributed by atoms with Crippen LogP contribution < -0.4 is 10.1 Å². The van der Waals surface area contributed by atoms with Crippen LogP contribution in [0.25, 0.3) is 11.0 Å². The molecule has 2 aromatic rings. The van der Waals surface area contributed by atoms with Gasteiger partial charge in [0.1, 0.15) is 17.1 Å². The molecule has 0 bridgehead atoms. The maximum absolute atomic E-state index is 5.92. The standard InChI is InChI=1S/C13H15Br2NO2/c1-4-16-6-10-7(2)11-12(15)9(17-3)5-8(14)13(11)18-10/h5,16H,4,6H2,1-3H3. The number of benzene rings is 1. The normalized spacial score (nSPS) is 11.2. The molecule has 1 aromatic carbocycles. The van der Waals surface area contributed by atoms with E-state index in [1.54, 1.807) is 7.11 Å². The molecular formula is C13H15Br2NO2. The van der Waals surface area contributed by atoms with Gasteiger partial charge in [0, 0.05) is 10.9 Å². The van der Waals surface area contributed by atoms with Gasteiger partial charge in [0.05, 0.1) is 22.6 Å². The van der Waals surface area contributed by atoms with E-state index in [1.807, 2.05) is 6.07 Å². The van der Waals surface area contributed by atoms with E-state index < -0.39 is 0 Å². The topological polar surface area (TPSA) is 34.4 Å². The molecule has 0 atom stereocenters. The third-order valence-corrected chi connectivity index (χ3v) is 4.29. The van der Waals surface area contributed by atoms with Crippen molar-refractivity contribution < 1.29 is 9.15 Å². The minimum absolute atomic E-state index is 0.734. The summed E-state index contributed by atoms with van der Waals surface area (Å²) in [5, 5.41) is 4.34. The number of furan rings is 1. The monoisotopic (exact) mass is 375 g/mol. The fraction of sp³-hybridized carbons (Fsp3) is 0.385. The lowest BCUT2D eigenvalue weighted by molar-refractivity contribution is 0.412. The number of ether oxygens (including phenoxy) is 1. The number of hydrogen-bond donors (Lipinski definition) is 1. The number of halogens is 2. The summed E-state index contributed by atoms with van der Waals surface area (Å²) in [5.41, 5.74) is 1.99. The van der Waals surface area contributed by atoms with E-state index in [1.165, 1.54) is 0 Å². The summed E-state index contributed by atoms with van der Waals surface area (Å²) < 4.78 is 13.1. The molecule has 0 saturated heterocycles. The number of hydrogen-bond acceptors (Lipinski definition) is 3. The van der Waals surface area contributed by atoms with Gasteiger partial charge in [-0.05, 0) is 51.4 Å². The third-order valence-electron chi connectivity index (χ3n) is 2.91. The van der Waals surface area contributed by atoms with E-state index in [-0.39, 0.29) is 0 Å². The van der Waals surface area contributed by atoms with Crippen LogP contribution in [0.3, 0.4) is 0 Å². The molecule has 0 fully saturated rings. The van der Waals surface area contributed by atoms with Crippen molar-refractivity contribution in [3.8, 4) is 5.75 Å². The Kier molecular flexibility index (Phi) is 4.35. The Morgan fingerprint density at radius 2 is 2.11 bits per heavy atom. The summed E-state index contributed by atoms with van der Waals surface area (Å²) in [6.07, 6.45) is 0. The summed E-state index contributed by atoms with van der Waals surface area (Å²) in [5.74, 6) is 1.76. The van der Waals surface area contributed by atoms with Gasteiger partial charge in [0.15, 0.2) is 0 Å². The molecule has 0 aliphatic heterocycles. The zero-order valence-electron chi connectivity index (χ0n) is 10.6. The first-order valence-corrected chi connectivity index (χ1v) is 7.33. The van der Waals surface area contributed by atoms with E-state index in [0.29, 0.717) is 0 Å². The van der Waals surface area contributed by atoms with Gasteiger partial charge in [-0.3, -0.25) is 0 Å². The molecule has 0 amide bonds. The molecule has 98 valence electrons. The third kappa shape index (κ3) is 2.31. The Bertz CT molecular complexity index is 578. The molecule has 5 heteroatoms. The molecule has 0 aliphatic carbocycles. The largest absolute Gasteiger partial charge is 0.496 e. The van der Waals surface area contributed by atoms with Crippen molar-refractivity contribution in [3.05, 3.63) is 26.3 Å². The molecule has 0 saturated carbocycles. The highest BCUT2D eigenvalue weighted by molar-refractivity contribution is 9.11. The van der Waals surface area contributed by atoms with Crippen LogP contribution in [0.1, 0.15) is 18.2 Å². The van der Waals surface area contributed by atoms with Crippen molar-refractivity contribution >= 4 is 42.8 Å². The summed E-state index contributed by atoms with van der Waals surface area (Å²) in [7, 11) is 1.66. The van der Waals surface area contributed by atoms with Crippen LogP contribution in [-0.2, 0) is 6.54 Å². The van der Waals surface area contributed by atoms with Gasteiger partial charge < -0.3 is 14.5 Å². The van der Waals surface area contributed by atoms with E-state index in [4.69, 9.17) is 9.15 Å². The Labute approximate surface area is 123 Å². The zero-order valence-corrected chi connectivity index (χ0v) is 13.7. The zero-order chi connectivity index (χ0) is 13.3. The van der Waals surface area contributed by atoms with Crippen LogP contribution in [0, 0.1) is 6.92 Å².